The summed E-state index contributed by atoms with van der Waals surface area (Å²) in [4.78, 5) is -0.180. The highest BCUT2D eigenvalue weighted by Crippen LogP contribution is 2.21. The zero-order valence-electron chi connectivity index (χ0n) is 11.2. The summed E-state index contributed by atoms with van der Waals surface area (Å²) in [6.45, 7) is 0.264. The van der Waals surface area contributed by atoms with E-state index in [4.69, 9.17) is 0 Å². The van der Waals surface area contributed by atoms with Crippen molar-refractivity contribution in [3.63, 3.8) is 0 Å². The normalized spacial score (nSPS) is 11.4. The predicted molar refractivity (Wildman–Crippen MR) is 76.4 cm³/mol. The van der Waals surface area contributed by atoms with Gasteiger partial charge in [0.1, 0.15) is 11.6 Å². The number of hydrogen-bond donors (Lipinski definition) is 2. The lowest BCUT2D eigenvalue weighted by atomic mass is 10.2. The molecule has 0 saturated heterocycles. The summed E-state index contributed by atoms with van der Waals surface area (Å²) in [5.41, 5.74) is 0.498. The fraction of sp³-hybridized carbons (Fsp3) is 0.143. The predicted octanol–water partition coefficient (Wildman–Crippen LogP) is 2.49. The lowest BCUT2D eigenvalue weighted by Crippen LogP contribution is -2.17. The van der Waals surface area contributed by atoms with Gasteiger partial charge in [-0.15, -0.1) is 0 Å². The quantitative estimate of drug-likeness (QED) is 0.892. The van der Waals surface area contributed by atoms with E-state index in [1.165, 1.54) is 30.3 Å². The van der Waals surface area contributed by atoms with E-state index in [0.29, 0.717) is 5.56 Å². The van der Waals surface area contributed by atoms with E-state index >= 15 is 0 Å². The average Bonchev–Trinajstić information content (AvgIpc) is 2.40. The van der Waals surface area contributed by atoms with Gasteiger partial charge in [0.15, 0.2) is 0 Å². The van der Waals surface area contributed by atoms with Crippen molar-refractivity contribution in [2.45, 2.75) is 11.4 Å². The molecule has 2 N–H and O–H groups in total. The zero-order valence-corrected chi connectivity index (χ0v) is 12.0. The molecule has 0 spiro atoms. The molecule has 0 aliphatic rings. The van der Waals surface area contributed by atoms with Crippen LogP contribution >= 0.6 is 0 Å². The highest BCUT2D eigenvalue weighted by molar-refractivity contribution is 7.92. The highest BCUT2D eigenvalue weighted by Gasteiger charge is 2.19. The van der Waals surface area contributed by atoms with Crippen molar-refractivity contribution < 1.29 is 17.2 Å². The number of sulfonamides is 1. The second-order valence-corrected chi connectivity index (χ2v) is 6.05. The van der Waals surface area contributed by atoms with E-state index in [2.05, 4.69) is 10.0 Å². The van der Waals surface area contributed by atoms with Crippen molar-refractivity contribution >= 4 is 15.7 Å². The largest absolute Gasteiger partial charge is 0.316 e. The number of nitrogens with one attached hydrogen (secondary N) is 2. The summed E-state index contributed by atoms with van der Waals surface area (Å²) in [6.07, 6.45) is 0. The van der Waals surface area contributed by atoms with Crippen LogP contribution in [0.3, 0.4) is 0 Å². The van der Waals surface area contributed by atoms with Crippen LogP contribution in [0.5, 0.6) is 0 Å². The van der Waals surface area contributed by atoms with Crippen LogP contribution in [0.25, 0.3) is 0 Å². The third-order valence-corrected chi connectivity index (χ3v) is 4.23. The number of rotatable bonds is 5. The van der Waals surface area contributed by atoms with E-state index in [1.807, 2.05) is 0 Å². The van der Waals surface area contributed by atoms with Crippen molar-refractivity contribution in [1.29, 1.82) is 0 Å². The third kappa shape index (κ3) is 3.77. The minimum absolute atomic E-state index is 0.0784. The molecule has 0 unspecified atom stereocenters. The molecule has 4 nitrogen and oxygen atoms in total. The van der Waals surface area contributed by atoms with E-state index in [9.17, 15) is 17.2 Å². The summed E-state index contributed by atoms with van der Waals surface area (Å²) in [7, 11) is -2.35. The number of halogens is 2. The number of benzene rings is 2. The molecule has 21 heavy (non-hydrogen) atoms. The summed E-state index contributed by atoms with van der Waals surface area (Å²) < 4.78 is 53.4. The smallest absolute Gasteiger partial charge is 0.262 e. The summed E-state index contributed by atoms with van der Waals surface area (Å²) in [5.74, 6) is -1.22. The molecule has 112 valence electrons. The molecule has 2 rings (SSSR count). The van der Waals surface area contributed by atoms with Crippen LogP contribution in [0.15, 0.2) is 47.4 Å². The zero-order chi connectivity index (χ0) is 15.5. The molecule has 0 aromatic heterocycles. The van der Waals surface area contributed by atoms with Gasteiger partial charge in [0.05, 0.1) is 10.6 Å². The molecule has 0 fully saturated rings. The molecule has 0 heterocycles. The van der Waals surface area contributed by atoms with Crippen LogP contribution in [0.1, 0.15) is 5.56 Å². The van der Waals surface area contributed by atoms with E-state index in [-0.39, 0.29) is 17.1 Å². The van der Waals surface area contributed by atoms with Gasteiger partial charge in [-0.05, 0) is 42.9 Å². The Balaban J connectivity index is 2.41. The topological polar surface area (TPSA) is 58.2 Å². The summed E-state index contributed by atoms with van der Waals surface area (Å²) >= 11 is 0. The van der Waals surface area contributed by atoms with Crippen LogP contribution in [-0.4, -0.2) is 15.5 Å². The molecule has 7 heteroatoms. The monoisotopic (exact) mass is 312 g/mol. The molecule has 0 aliphatic heterocycles. The van der Waals surface area contributed by atoms with Gasteiger partial charge in [0.2, 0.25) is 0 Å². The third-order valence-electron chi connectivity index (χ3n) is 2.76. The summed E-state index contributed by atoms with van der Waals surface area (Å²) in [5, 5.41) is 2.81. The molecule has 0 amide bonds. The molecule has 2 aromatic carbocycles. The van der Waals surface area contributed by atoms with Crippen LogP contribution < -0.4 is 10.0 Å². The standard InChI is InChI=1S/C14H14F2N2O2S/c1-17-9-10-5-6-12(16)8-14(10)21(19,20)18-13-4-2-3-11(15)7-13/h2-8,17-18H,9H2,1H3. The maximum Gasteiger partial charge on any atom is 0.262 e. The Bertz CT molecular complexity index is 748. The molecule has 0 bridgehead atoms. The maximum absolute atomic E-state index is 13.3. The lowest BCUT2D eigenvalue weighted by molar-refractivity contribution is 0.592. The first kappa shape index (κ1) is 15.4. The second-order valence-electron chi connectivity index (χ2n) is 4.40. The average molecular weight is 312 g/mol. The second kappa shape index (κ2) is 6.19. The maximum atomic E-state index is 13.3. The van der Waals surface area contributed by atoms with Gasteiger partial charge in [-0.2, -0.15) is 0 Å². The molecule has 0 atom stereocenters. The van der Waals surface area contributed by atoms with Crippen molar-refractivity contribution in [3.8, 4) is 0 Å². The molecule has 0 radical (unpaired) electrons. The Morgan fingerprint density at radius 1 is 1.05 bits per heavy atom. The minimum Gasteiger partial charge on any atom is -0.316 e. The first-order valence-corrected chi connectivity index (χ1v) is 7.62. The number of hydrogen-bond acceptors (Lipinski definition) is 3. The van der Waals surface area contributed by atoms with Gasteiger partial charge in [0.25, 0.3) is 10.0 Å². The van der Waals surface area contributed by atoms with Gasteiger partial charge in [-0.25, -0.2) is 17.2 Å². The molecule has 2 aromatic rings. The molecule has 0 saturated carbocycles. The Labute approximate surface area is 121 Å². The van der Waals surface area contributed by atoms with Gasteiger partial charge in [-0.3, -0.25) is 4.72 Å². The van der Waals surface area contributed by atoms with Crippen LogP contribution in [0.4, 0.5) is 14.5 Å². The van der Waals surface area contributed by atoms with Gasteiger partial charge in [-0.1, -0.05) is 12.1 Å². The minimum atomic E-state index is -4.00. The highest BCUT2D eigenvalue weighted by atomic mass is 32.2. The molecule has 0 aliphatic carbocycles. The Kier molecular flexibility index (Phi) is 4.54. The SMILES string of the molecule is CNCc1ccc(F)cc1S(=O)(=O)Nc1cccc(F)c1. The number of anilines is 1. The van der Waals surface area contributed by atoms with E-state index < -0.39 is 21.7 Å². The summed E-state index contributed by atoms with van der Waals surface area (Å²) in [6, 6.07) is 8.57. The van der Waals surface area contributed by atoms with E-state index in [0.717, 1.165) is 12.1 Å². The Morgan fingerprint density at radius 3 is 2.43 bits per heavy atom. The van der Waals surface area contributed by atoms with Gasteiger partial charge in [0, 0.05) is 6.54 Å². The van der Waals surface area contributed by atoms with Crippen LogP contribution in [0, 0.1) is 11.6 Å². The van der Waals surface area contributed by atoms with E-state index in [1.54, 1.807) is 7.05 Å². The molecular formula is C14H14F2N2O2S. The first-order chi connectivity index (χ1) is 9.92. The van der Waals surface area contributed by atoms with Crippen molar-refractivity contribution in [2.24, 2.45) is 0 Å². The first-order valence-electron chi connectivity index (χ1n) is 6.14. The van der Waals surface area contributed by atoms with Crippen LogP contribution in [-0.2, 0) is 16.6 Å². The fourth-order valence-corrected chi connectivity index (χ4v) is 3.18. The molecular weight excluding hydrogens is 298 g/mol. The lowest BCUT2D eigenvalue weighted by Gasteiger charge is -2.12. The Morgan fingerprint density at radius 2 is 1.76 bits per heavy atom. The van der Waals surface area contributed by atoms with Gasteiger partial charge >= 0.3 is 0 Å². The van der Waals surface area contributed by atoms with Crippen molar-refractivity contribution in [1.82, 2.24) is 5.32 Å². The van der Waals surface area contributed by atoms with Crippen molar-refractivity contribution in [2.75, 3.05) is 11.8 Å². The Hall–Kier alpha value is -1.99. The van der Waals surface area contributed by atoms with Crippen LogP contribution in [0.2, 0.25) is 0 Å². The van der Waals surface area contributed by atoms with Gasteiger partial charge < -0.3 is 5.32 Å². The van der Waals surface area contributed by atoms with Crippen molar-refractivity contribution in [3.05, 3.63) is 59.7 Å². The fourth-order valence-electron chi connectivity index (χ4n) is 1.88.